The topological polar surface area (TPSA) is 61.8 Å². The number of hydrogen-bond acceptors (Lipinski definition) is 3. The highest BCUT2D eigenvalue weighted by atomic mass is 35.5. The molecule has 1 aromatic carbocycles. The summed E-state index contributed by atoms with van der Waals surface area (Å²) in [5.74, 6) is 0. The third kappa shape index (κ3) is 3.62. The Hall–Kier alpha value is -1.30. The Kier molecular flexibility index (Phi) is 5.09. The van der Waals surface area contributed by atoms with E-state index in [-0.39, 0.29) is 18.1 Å². The molecule has 2 amide bonds. The van der Waals surface area contributed by atoms with Crippen LogP contribution in [0.3, 0.4) is 0 Å². The molecule has 3 atom stereocenters. The van der Waals surface area contributed by atoms with Gasteiger partial charge in [-0.05, 0) is 43.4 Å². The van der Waals surface area contributed by atoms with Crippen LogP contribution < -0.4 is 5.32 Å². The van der Waals surface area contributed by atoms with Crippen molar-refractivity contribution in [2.75, 3.05) is 19.8 Å². The van der Waals surface area contributed by atoms with Crippen LogP contribution in [0.2, 0.25) is 5.02 Å². The summed E-state index contributed by atoms with van der Waals surface area (Å²) in [4.78, 5) is 14.5. The van der Waals surface area contributed by atoms with Crippen LogP contribution in [-0.2, 0) is 11.2 Å². The van der Waals surface area contributed by atoms with Crippen LogP contribution in [0.5, 0.6) is 0 Å². The van der Waals surface area contributed by atoms with Crippen molar-refractivity contribution < 1.29 is 14.6 Å². The van der Waals surface area contributed by atoms with Gasteiger partial charge in [0.2, 0.25) is 0 Å². The quantitative estimate of drug-likeness (QED) is 0.890. The fraction of sp³-hybridized carbons (Fsp3) is 0.588. The summed E-state index contributed by atoms with van der Waals surface area (Å²) in [5.41, 5.74) is 2.26. The van der Waals surface area contributed by atoms with E-state index in [0.717, 1.165) is 29.0 Å². The van der Waals surface area contributed by atoms with E-state index in [9.17, 15) is 9.90 Å². The van der Waals surface area contributed by atoms with E-state index < -0.39 is 6.10 Å². The lowest BCUT2D eigenvalue weighted by Crippen LogP contribution is -2.53. The number of halogens is 1. The monoisotopic (exact) mass is 338 g/mol. The number of morpholine rings is 1. The maximum atomic E-state index is 12.7. The first-order chi connectivity index (χ1) is 11.1. The van der Waals surface area contributed by atoms with Crippen LogP contribution in [0.1, 0.15) is 36.9 Å². The first-order valence-electron chi connectivity index (χ1n) is 8.16. The number of ether oxygens (including phenoxy) is 1. The summed E-state index contributed by atoms with van der Waals surface area (Å²) in [6.45, 7) is 3.31. The molecule has 0 bridgehead atoms. The fourth-order valence-corrected chi connectivity index (χ4v) is 3.78. The molecular formula is C17H23ClN2O3. The van der Waals surface area contributed by atoms with Crippen molar-refractivity contribution in [3.63, 3.8) is 0 Å². The van der Waals surface area contributed by atoms with Gasteiger partial charge in [0.05, 0.1) is 31.4 Å². The average molecular weight is 339 g/mol. The van der Waals surface area contributed by atoms with Gasteiger partial charge in [0.25, 0.3) is 0 Å². The number of rotatable bonds is 3. The molecule has 23 heavy (non-hydrogen) atoms. The summed E-state index contributed by atoms with van der Waals surface area (Å²) >= 11 is 6.23. The van der Waals surface area contributed by atoms with Crippen molar-refractivity contribution in [1.82, 2.24) is 10.2 Å². The molecule has 1 saturated heterocycles. The van der Waals surface area contributed by atoms with E-state index in [4.69, 9.17) is 16.3 Å². The highest BCUT2D eigenvalue weighted by Crippen LogP contribution is 2.35. The molecule has 2 N–H and O–H groups in total. The Morgan fingerprint density at radius 3 is 3.17 bits per heavy atom. The third-order valence-electron chi connectivity index (χ3n) is 4.61. The average Bonchev–Trinajstić information content (AvgIpc) is 2.92. The lowest BCUT2D eigenvalue weighted by molar-refractivity contribution is -0.00482. The van der Waals surface area contributed by atoms with E-state index in [2.05, 4.69) is 5.32 Å². The fourth-order valence-electron chi connectivity index (χ4n) is 3.50. The first kappa shape index (κ1) is 16.6. The number of hydrogen-bond donors (Lipinski definition) is 2. The van der Waals surface area contributed by atoms with Gasteiger partial charge in [0.15, 0.2) is 0 Å². The molecule has 0 saturated carbocycles. The number of amides is 2. The van der Waals surface area contributed by atoms with Crippen molar-refractivity contribution in [1.29, 1.82) is 0 Å². The molecular weight excluding hydrogens is 316 g/mol. The molecule has 126 valence electrons. The number of nitrogens with zero attached hydrogens (tertiary/aromatic N) is 1. The van der Waals surface area contributed by atoms with Crippen LogP contribution >= 0.6 is 11.6 Å². The van der Waals surface area contributed by atoms with Crippen molar-refractivity contribution >= 4 is 17.6 Å². The number of carbonyl (C=O) groups is 1. The lowest BCUT2D eigenvalue weighted by Gasteiger charge is -2.37. The molecule has 2 aliphatic rings. The molecule has 3 rings (SSSR count). The van der Waals surface area contributed by atoms with E-state index in [0.29, 0.717) is 26.2 Å². The Bertz CT molecular complexity index is 579. The molecule has 1 aliphatic heterocycles. The van der Waals surface area contributed by atoms with Gasteiger partial charge in [-0.25, -0.2) is 4.79 Å². The molecule has 1 aliphatic carbocycles. The molecule has 6 heteroatoms. The lowest BCUT2D eigenvalue weighted by atomic mass is 10.1. The molecule has 0 spiro atoms. The smallest absolute Gasteiger partial charge is 0.318 e. The number of fused-ring (bicyclic) bond motifs is 1. The van der Waals surface area contributed by atoms with Gasteiger partial charge in [-0.1, -0.05) is 23.7 Å². The highest BCUT2D eigenvalue weighted by Gasteiger charge is 2.31. The second-order valence-electron chi connectivity index (χ2n) is 6.36. The number of aliphatic hydroxyl groups is 1. The van der Waals surface area contributed by atoms with E-state index >= 15 is 0 Å². The molecule has 1 fully saturated rings. The van der Waals surface area contributed by atoms with Crippen LogP contribution in [0.15, 0.2) is 18.2 Å². The zero-order valence-corrected chi connectivity index (χ0v) is 14.1. The Balaban J connectivity index is 1.68. The minimum absolute atomic E-state index is 0.00578. The summed E-state index contributed by atoms with van der Waals surface area (Å²) < 4.78 is 5.46. The van der Waals surface area contributed by atoms with Crippen LogP contribution in [0.4, 0.5) is 4.79 Å². The highest BCUT2D eigenvalue weighted by molar-refractivity contribution is 6.31. The van der Waals surface area contributed by atoms with E-state index in [1.807, 2.05) is 18.2 Å². The molecule has 0 radical (unpaired) electrons. The summed E-state index contributed by atoms with van der Waals surface area (Å²) in [7, 11) is 0. The molecule has 1 heterocycles. The maximum Gasteiger partial charge on any atom is 0.318 e. The zero-order valence-electron chi connectivity index (χ0n) is 13.3. The Morgan fingerprint density at radius 2 is 2.39 bits per heavy atom. The van der Waals surface area contributed by atoms with Crippen molar-refractivity contribution in [3.8, 4) is 0 Å². The van der Waals surface area contributed by atoms with Crippen molar-refractivity contribution in [3.05, 3.63) is 34.3 Å². The molecule has 0 unspecified atom stereocenters. The molecule has 0 aromatic heterocycles. The van der Waals surface area contributed by atoms with E-state index in [1.54, 1.807) is 11.8 Å². The van der Waals surface area contributed by atoms with Crippen molar-refractivity contribution in [2.45, 2.75) is 44.4 Å². The Morgan fingerprint density at radius 1 is 1.57 bits per heavy atom. The van der Waals surface area contributed by atoms with Gasteiger partial charge in [-0.3, -0.25) is 0 Å². The van der Waals surface area contributed by atoms with E-state index in [1.165, 1.54) is 0 Å². The number of aliphatic hydroxyl groups excluding tert-OH is 1. The summed E-state index contributed by atoms with van der Waals surface area (Å²) in [6, 6.07) is 5.69. The largest absolute Gasteiger partial charge is 0.393 e. The zero-order chi connectivity index (χ0) is 16.4. The second kappa shape index (κ2) is 7.07. The molecule has 5 nitrogen and oxygen atoms in total. The number of benzene rings is 1. The molecule has 1 aromatic rings. The van der Waals surface area contributed by atoms with Gasteiger partial charge >= 0.3 is 6.03 Å². The van der Waals surface area contributed by atoms with Crippen molar-refractivity contribution in [2.24, 2.45) is 0 Å². The number of nitrogens with one attached hydrogen (secondary N) is 1. The van der Waals surface area contributed by atoms with Crippen LogP contribution in [-0.4, -0.2) is 47.9 Å². The summed E-state index contributed by atoms with van der Waals surface area (Å²) in [6.07, 6.45) is 1.83. The minimum Gasteiger partial charge on any atom is -0.393 e. The predicted octanol–water partition coefficient (Wildman–Crippen LogP) is 2.51. The van der Waals surface area contributed by atoms with Gasteiger partial charge in [0, 0.05) is 11.6 Å². The standard InChI is InChI=1S/C17H23ClN2O3/c1-11(21)9-12-10-23-8-7-20(12)17(22)19-16-6-5-13-14(16)3-2-4-15(13)18/h2-4,11-12,16,21H,5-10H2,1H3,(H,19,22)/t11-,12-,16-/m0/s1. The number of carbonyl (C=O) groups excluding carboxylic acids is 1. The van der Waals surface area contributed by atoms with Gasteiger partial charge in [-0.2, -0.15) is 0 Å². The Labute approximate surface area is 141 Å². The SMILES string of the molecule is C[C@H](O)C[C@H]1COCCN1C(=O)N[C@H]1CCc2c(Cl)cccc21. The number of urea groups is 1. The minimum atomic E-state index is -0.456. The van der Waals surface area contributed by atoms with Crippen LogP contribution in [0.25, 0.3) is 0 Å². The second-order valence-corrected chi connectivity index (χ2v) is 6.76. The maximum absolute atomic E-state index is 12.7. The van der Waals surface area contributed by atoms with Gasteiger partial charge < -0.3 is 20.1 Å². The third-order valence-corrected chi connectivity index (χ3v) is 4.97. The normalized spacial score (nSPS) is 25.1. The van der Waals surface area contributed by atoms with Gasteiger partial charge in [-0.15, -0.1) is 0 Å². The predicted molar refractivity (Wildman–Crippen MR) is 88.7 cm³/mol. The van der Waals surface area contributed by atoms with Crippen LogP contribution in [0, 0.1) is 0 Å². The summed E-state index contributed by atoms with van der Waals surface area (Å²) in [5, 5.41) is 13.5. The van der Waals surface area contributed by atoms with Gasteiger partial charge in [0.1, 0.15) is 0 Å². The first-order valence-corrected chi connectivity index (χ1v) is 8.54.